The summed E-state index contributed by atoms with van der Waals surface area (Å²) in [5.41, 5.74) is 9.29. The molecule has 0 amide bonds. The molecule has 2 heterocycles. The quantitative estimate of drug-likeness (QED) is 0.751. The number of rotatable bonds is 2. The van der Waals surface area contributed by atoms with Crippen LogP contribution in [0.1, 0.15) is 5.69 Å². The molecule has 0 aliphatic heterocycles. The fraction of sp³-hybridized carbons (Fsp3) is 0.0769. The average molecular weight is 275 g/mol. The number of aryl methyl sites for hydroxylation is 1. The Morgan fingerprint density at radius 3 is 2.63 bits per heavy atom. The smallest absolute Gasteiger partial charge is 0.180 e. The fourth-order valence-corrected chi connectivity index (χ4v) is 2.09. The van der Waals surface area contributed by atoms with Crippen molar-refractivity contribution in [3.05, 3.63) is 41.2 Å². The first-order chi connectivity index (χ1) is 9.16. The van der Waals surface area contributed by atoms with E-state index in [1.54, 1.807) is 18.3 Å². The monoisotopic (exact) mass is 274 g/mol. The highest BCUT2D eigenvalue weighted by Gasteiger charge is 2.19. The van der Waals surface area contributed by atoms with Crippen molar-refractivity contribution in [2.24, 2.45) is 0 Å². The van der Waals surface area contributed by atoms with Crippen LogP contribution in [-0.2, 0) is 0 Å². The summed E-state index contributed by atoms with van der Waals surface area (Å²) in [7, 11) is 0. The third kappa shape index (κ3) is 1.98. The Bertz CT molecular complexity index is 715. The summed E-state index contributed by atoms with van der Waals surface area (Å²) in [6, 6.07) is 7.36. The van der Waals surface area contributed by atoms with Gasteiger partial charge in [-0.25, -0.2) is 0 Å². The molecule has 0 atom stereocenters. The van der Waals surface area contributed by atoms with Gasteiger partial charge in [-0.3, -0.25) is 5.10 Å². The van der Waals surface area contributed by atoms with Crippen LogP contribution in [-0.4, -0.2) is 15.4 Å². The summed E-state index contributed by atoms with van der Waals surface area (Å²) in [4.78, 5) is 0. The molecule has 0 aliphatic rings. The zero-order valence-electron chi connectivity index (χ0n) is 10.1. The van der Waals surface area contributed by atoms with Gasteiger partial charge in [0.2, 0.25) is 0 Å². The molecule has 0 fully saturated rings. The standard InChI is InChI=1S/C13H11ClN4O/c1-7-10(6-16-17-7)12-11(13(15)18-19-12)8-2-4-9(14)5-3-8/h2-6H,1H3,(H2,15,18)(H,16,17). The third-order valence-corrected chi connectivity index (χ3v) is 3.18. The average Bonchev–Trinajstić information content (AvgIpc) is 2.97. The summed E-state index contributed by atoms with van der Waals surface area (Å²) in [5, 5.41) is 11.4. The van der Waals surface area contributed by atoms with Crippen molar-refractivity contribution in [1.82, 2.24) is 15.4 Å². The molecule has 0 aliphatic carbocycles. The highest BCUT2D eigenvalue weighted by molar-refractivity contribution is 6.30. The number of halogens is 1. The van der Waals surface area contributed by atoms with Gasteiger partial charge in [0.15, 0.2) is 11.6 Å². The van der Waals surface area contributed by atoms with E-state index in [1.165, 1.54) is 0 Å². The minimum Gasteiger partial charge on any atom is -0.380 e. The lowest BCUT2D eigenvalue weighted by molar-refractivity contribution is 0.436. The first-order valence-electron chi connectivity index (χ1n) is 5.68. The van der Waals surface area contributed by atoms with E-state index >= 15 is 0 Å². The van der Waals surface area contributed by atoms with Gasteiger partial charge in [-0.05, 0) is 24.6 Å². The number of nitrogens with two attached hydrogens (primary N) is 1. The largest absolute Gasteiger partial charge is 0.380 e. The van der Waals surface area contributed by atoms with Crippen LogP contribution >= 0.6 is 11.6 Å². The molecule has 0 saturated heterocycles. The van der Waals surface area contributed by atoms with Gasteiger partial charge in [-0.1, -0.05) is 28.9 Å². The van der Waals surface area contributed by atoms with Crippen molar-refractivity contribution < 1.29 is 4.52 Å². The van der Waals surface area contributed by atoms with Gasteiger partial charge in [0.1, 0.15) is 0 Å². The summed E-state index contributed by atoms with van der Waals surface area (Å²) in [6.07, 6.45) is 1.69. The summed E-state index contributed by atoms with van der Waals surface area (Å²) in [5.74, 6) is 0.948. The third-order valence-electron chi connectivity index (χ3n) is 2.93. The normalized spacial score (nSPS) is 10.8. The van der Waals surface area contributed by atoms with Gasteiger partial charge >= 0.3 is 0 Å². The number of benzene rings is 1. The molecule has 3 aromatic rings. The van der Waals surface area contributed by atoms with Crippen LogP contribution in [0.15, 0.2) is 35.0 Å². The van der Waals surface area contributed by atoms with Crippen molar-refractivity contribution in [2.45, 2.75) is 6.92 Å². The van der Waals surface area contributed by atoms with Crippen LogP contribution in [0.5, 0.6) is 0 Å². The van der Waals surface area contributed by atoms with Gasteiger partial charge in [-0.15, -0.1) is 0 Å². The molecule has 19 heavy (non-hydrogen) atoms. The lowest BCUT2D eigenvalue weighted by atomic mass is 10.0. The molecule has 0 saturated carbocycles. The second kappa shape index (κ2) is 4.44. The van der Waals surface area contributed by atoms with E-state index in [9.17, 15) is 0 Å². The molecule has 0 bridgehead atoms. The van der Waals surface area contributed by atoms with Crippen molar-refractivity contribution in [3.63, 3.8) is 0 Å². The van der Waals surface area contributed by atoms with Gasteiger partial charge in [-0.2, -0.15) is 5.10 Å². The number of nitrogens with one attached hydrogen (secondary N) is 1. The van der Waals surface area contributed by atoms with E-state index in [4.69, 9.17) is 21.9 Å². The SMILES string of the molecule is Cc1[nH]ncc1-c1onc(N)c1-c1ccc(Cl)cc1. The Labute approximate surface area is 114 Å². The predicted molar refractivity (Wildman–Crippen MR) is 73.7 cm³/mol. The van der Waals surface area contributed by atoms with Gasteiger partial charge in [0.25, 0.3) is 0 Å². The van der Waals surface area contributed by atoms with E-state index in [0.29, 0.717) is 16.6 Å². The molecule has 0 spiro atoms. The number of nitrogen functional groups attached to an aromatic ring is 1. The maximum absolute atomic E-state index is 5.90. The van der Waals surface area contributed by atoms with Crippen LogP contribution in [0.4, 0.5) is 5.82 Å². The second-order valence-corrected chi connectivity index (χ2v) is 4.62. The summed E-state index contributed by atoms with van der Waals surface area (Å²) < 4.78 is 5.34. The lowest BCUT2D eigenvalue weighted by Gasteiger charge is -2.02. The summed E-state index contributed by atoms with van der Waals surface area (Å²) in [6.45, 7) is 1.91. The maximum Gasteiger partial charge on any atom is 0.180 e. The second-order valence-electron chi connectivity index (χ2n) is 4.19. The van der Waals surface area contributed by atoms with Crippen LogP contribution in [0, 0.1) is 6.92 Å². The van der Waals surface area contributed by atoms with Crippen LogP contribution in [0.25, 0.3) is 22.5 Å². The van der Waals surface area contributed by atoms with Crippen LogP contribution in [0.2, 0.25) is 5.02 Å². The van der Waals surface area contributed by atoms with Gasteiger partial charge in [0.05, 0.1) is 17.3 Å². The van der Waals surface area contributed by atoms with Gasteiger partial charge in [0, 0.05) is 10.7 Å². The van der Waals surface area contributed by atoms with Crippen molar-refractivity contribution >= 4 is 17.4 Å². The highest BCUT2D eigenvalue weighted by atomic mass is 35.5. The van der Waals surface area contributed by atoms with E-state index in [0.717, 1.165) is 22.4 Å². The maximum atomic E-state index is 5.90. The number of H-pyrrole nitrogens is 1. The first kappa shape index (κ1) is 11.8. The van der Waals surface area contributed by atoms with E-state index < -0.39 is 0 Å². The molecule has 0 unspecified atom stereocenters. The van der Waals surface area contributed by atoms with E-state index in [1.807, 2.05) is 19.1 Å². The van der Waals surface area contributed by atoms with Crippen molar-refractivity contribution in [2.75, 3.05) is 5.73 Å². The first-order valence-corrected chi connectivity index (χ1v) is 6.06. The molecule has 1 aromatic carbocycles. The molecule has 3 rings (SSSR count). The van der Waals surface area contributed by atoms with Crippen LogP contribution in [0.3, 0.4) is 0 Å². The van der Waals surface area contributed by atoms with Gasteiger partial charge < -0.3 is 10.3 Å². The molecular formula is C13H11ClN4O. The number of nitrogens with zero attached hydrogens (tertiary/aromatic N) is 2. The molecular weight excluding hydrogens is 264 g/mol. The lowest BCUT2D eigenvalue weighted by Crippen LogP contribution is -1.89. The van der Waals surface area contributed by atoms with Crippen molar-refractivity contribution in [3.8, 4) is 22.5 Å². The number of aromatic nitrogens is 3. The zero-order chi connectivity index (χ0) is 13.4. The zero-order valence-corrected chi connectivity index (χ0v) is 10.9. The molecule has 96 valence electrons. The van der Waals surface area contributed by atoms with Crippen LogP contribution < -0.4 is 5.73 Å². The predicted octanol–water partition coefficient (Wildman–Crippen LogP) is 3.28. The number of hydrogen-bond acceptors (Lipinski definition) is 4. The Kier molecular flexibility index (Phi) is 2.76. The number of hydrogen-bond donors (Lipinski definition) is 2. The molecule has 2 aromatic heterocycles. The minimum atomic E-state index is 0.345. The topological polar surface area (TPSA) is 80.7 Å². The molecule has 5 nitrogen and oxygen atoms in total. The minimum absolute atomic E-state index is 0.345. The highest BCUT2D eigenvalue weighted by Crippen LogP contribution is 2.37. The molecule has 3 N–H and O–H groups in total. The Balaban J connectivity index is 2.19. The van der Waals surface area contributed by atoms with E-state index in [2.05, 4.69) is 15.4 Å². The van der Waals surface area contributed by atoms with E-state index in [-0.39, 0.29) is 0 Å². The fourth-order valence-electron chi connectivity index (χ4n) is 1.96. The molecule has 6 heteroatoms. The Morgan fingerprint density at radius 1 is 1.26 bits per heavy atom. The Hall–Kier alpha value is -2.27. The van der Waals surface area contributed by atoms with Crippen molar-refractivity contribution in [1.29, 1.82) is 0 Å². The molecule has 0 radical (unpaired) electrons. The summed E-state index contributed by atoms with van der Waals surface area (Å²) >= 11 is 5.89. The Morgan fingerprint density at radius 2 is 2.00 bits per heavy atom. The number of aromatic amines is 1. The number of anilines is 1.